The Kier molecular flexibility index (Phi) is 11.2. The predicted octanol–water partition coefficient (Wildman–Crippen LogP) is 5.78. The van der Waals surface area contributed by atoms with Gasteiger partial charge in [0.1, 0.15) is 6.54 Å². The van der Waals surface area contributed by atoms with Crippen LogP contribution < -0.4 is 5.69 Å². The Hall–Kier alpha value is -3.65. The summed E-state index contributed by atoms with van der Waals surface area (Å²) >= 11 is 5.87. The third-order valence-corrected chi connectivity index (χ3v) is 6.69. The summed E-state index contributed by atoms with van der Waals surface area (Å²) in [5.41, 5.74) is -1.64. The van der Waals surface area contributed by atoms with E-state index >= 15 is 0 Å². The van der Waals surface area contributed by atoms with Gasteiger partial charge in [0.05, 0.1) is 18.7 Å². The number of carbonyl (C=O) groups excluding carboxylic acids is 2. The first-order chi connectivity index (χ1) is 20.1. The minimum Gasteiger partial charge on any atom is -0.465 e. The first-order valence-corrected chi connectivity index (χ1v) is 13.5. The standard InChI is InChI=1S/C28H28ClF6N3O5/c1-2-4-24(41)43-16-19(18-5-3-6-20(13-18)27(30,31)32)9-12-22(39)14-38-26(42)37(15-23(40)28(33,34)35)25(36-38)17-7-10-21(29)11-8-17/h3,5-8,10-11,13,19,23,40H,2,4,9,12,14-16H2,1H3/t19?,23-/m0/s1. The van der Waals surface area contributed by atoms with Crippen LogP contribution in [0.5, 0.6) is 0 Å². The molecule has 0 radical (unpaired) electrons. The molecule has 0 bridgehead atoms. The Morgan fingerprint density at radius 2 is 1.72 bits per heavy atom. The Morgan fingerprint density at radius 1 is 1.05 bits per heavy atom. The number of nitrogens with zero attached hydrogens (tertiary/aromatic N) is 3. The molecule has 1 N–H and O–H groups in total. The highest BCUT2D eigenvalue weighted by atomic mass is 35.5. The van der Waals surface area contributed by atoms with Crippen LogP contribution in [0.4, 0.5) is 26.3 Å². The maximum atomic E-state index is 13.3. The van der Waals surface area contributed by atoms with Crippen molar-refractivity contribution in [3.05, 3.63) is 75.2 Å². The molecule has 1 unspecified atom stereocenters. The SMILES string of the molecule is CCCC(=O)OCC(CCC(=O)Cn1nc(-c2ccc(Cl)cc2)n(C[C@H](O)C(F)(F)F)c1=O)c1cccc(C(F)(F)F)c1. The molecule has 1 aromatic heterocycles. The molecular weight excluding hydrogens is 608 g/mol. The summed E-state index contributed by atoms with van der Waals surface area (Å²) in [6.45, 7) is -0.400. The van der Waals surface area contributed by atoms with Gasteiger partial charge in [0, 0.05) is 29.3 Å². The number of rotatable bonds is 13. The van der Waals surface area contributed by atoms with Gasteiger partial charge in [-0.1, -0.05) is 36.7 Å². The van der Waals surface area contributed by atoms with Gasteiger partial charge < -0.3 is 9.84 Å². The highest BCUT2D eigenvalue weighted by molar-refractivity contribution is 6.30. The highest BCUT2D eigenvalue weighted by Gasteiger charge is 2.39. The van der Waals surface area contributed by atoms with Gasteiger partial charge in [-0.05, 0) is 48.7 Å². The molecule has 0 saturated carbocycles. The molecule has 3 aromatic rings. The second-order valence-corrected chi connectivity index (χ2v) is 10.2. The van der Waals surface area contributed by atoms with Crippen molar-refractivity contribution in [1.29, 1.82) is 0 Å². The fourth-order valence-electron chi connectivity index (χ4n) is 4.16. The zero-order chi connectivity index (χ0) is 31.9. The monoisotopic (exact) mass is 635 g/mol. The van der Waals surface area contributed by atoms with E-state index in [0.717, 1.165) is 12.1 Å². The van der Waals surface area contributed by atoms with Crippen molar-refractivity contribution in [3.8, 4) is 11.4 Å². The van der Waals surface area contributed by atoms with E-state index in [1.807, 2.05) is 0 Å². The molecule has 3 rings (SSSR count). The molecule has 15 heteroatoms. The van der Waals surface area contributed by atoms with E-state index < -0.39 is 60.5 Å². The molecule has 43 heavy (non-hydrogen) atoms. The van der Waals surface area contributed by atoms with E-state index in [1.165, 1.54) is 36.4 Å². The number of hydrogen-bond donors (Lipinski definition) is 1. The Labute approximate surface area is 246 Å². The van der Waals surface area contributed by atoms with E-state index in [1.54, 1.807) is 6.92 Å². The van der Waals surface area contributed by atoms with Gasteiger partial charge >= 0.3 is 24.0 Å². The lowest BCUT2D eigenvalue weighted by molar-refractivity contribution is -0.207. The van der Waals surface area contributed by atoms with Gasteiger partial charge in [0.2, 0.25) is 0 Å². The number of Topliss-reactive ketones (excluding diaryl/α,β-unsaturated/α-hetero) is 1. The Bertz CT molecular complexity index is 1470. The zero-order valence-corrected chi connectivity index (χ0v) is 23.5. The fourth-order valence-corrected chi connectivity index (χ4v) is 4.29. The topological polar surface area (TPSA) is 103 Å². The van der Waals surface area contributed by atoms with Crippen LogP contribution in [-0.4, -0.2) is 50.1 Å². The van der Waals surface area contributed by atoms with Crippen molar-refractivity contribution in [2.75, 3.05) is 6.61 Å². The van der Waals surface area contributed by atoms with E-state index in [0.29, 0.717) is 20.7 Å². The number of esters is 1. The van der Waals surface area contributed by atoms with E-state index in [2.05, 4.69) is 5.10 Å². The van der Waals surface area contributed by atoms with E-state index in [4.69, 9.17) is 16.3 Å². The van der Waals surface area contributed by atoms with Gasteiger partial charge in [-0.15, -0.1) is 5.10 Å². The third kappa shape index (κ3) is 9.42. The van der Waals surface area contributed by atoms with Crippen molar-refractivity contribution in [2.45, 2.75) is 70.1 Å². The summed E-state index contributed by atoms with van der Waals surface area (Å²) in [6, 6.07) is 10.0. The minimum atomic E-state index is -5.03. The highest BCUT2D eigenvalue weighted by Crippen LogP contribution is 2.32. The molecule has 8 nitrogen and oxygen atoms in total. The van der Waals surface area contributed by atoms with Gasteiger partial charge in [0.15, 0.2) is 17.7 Å². The van der Waals surface area contributed by atoms with Crippen LogP contribution in [0.1, 0.15) is 49.7 Å². The predicted molar refractivity (Wildman–Crippen MR) is 143 cm³/mol. The Balaban J connectivity index is 1.84. The molecule has 0 aliphatic heterocycles. The average Bonchev–Trinajstić information content (AvgIpc) is 3.22. The quantitative estimate of drug-likeness (QED) is 0.189. The first kappa shape index (κ1) is 33.8. The number of carbonyl (C=O) groups is 2. The normalized spacial score (nSPS) is 13.5. The summed E-state index contributed by atoms with van der Waals surface area (Å²) in [4.78, 5) is 37.8. The molecule has 0 spiro atoms. The lowest BCUT2D eigenvalue weighted by atomic mass is 9.92. The van der Waals surface area contributed by atoms with Crippen LogP contribution in [0.15, 0.2) is 53.3 Å². The van der Waals surface area contributed by atoms with E-state index in [9.17, 15) is 45.8 Å². The van der Waals surface area contributed by atoms with Crippen LogP contribution >= 0.6 is 11.6 Å². The summed E-state index contributed by atoms with van der Waals surface area (Å²) in [6.07, 6.45) is -12.3. The number of alkyl halides is 6. The molecule has 0 amide bonds. The summed E-state index contributed by atoms with van der Waals surface area (Å²) in [5.74, 6) is -2.21. The number of aliphatic hydroxyl groups excluding tert-OH is 1. The third-order valence-electron chi connectivity index (χ3n) is 6.44. The van der Waals surface area contributed by atoms with Crippen LogP contribution in [-0.2, 0) is 33.6 Å². The average molecular weight is 636 g/mol. The number of ketones is 1. The molecule has 1 heterocycles. The number of aromatic nitrogens is 3. The van der Waals surface area contributed by atoms with Crippen molar-refractivity contribution in [3.63, 3.8) is 0 Å². The first-order valence-electron chi connectivity index (χ1n) is 13.1. The summed E-state index contributed by atoms with van der Waals surface area (Å²) in [5, 5.41) is 13.9. The summed E-state index contributed by atoms with van der Waals surface area (Å²) < 4.78 is 85.6. The Morgan fingerprint density at radius 3 is 2.33 bits per heavy atom. The molecule has 0 aliphatic rings. The molecule has 0 aliphatic carbocycles. The molecule has 234 valence electrons. The molecule has 0 saturated heterocycles. The molecular formula is C28H28ClF6N3O5. The maximum Gasteiger partial charge on any atom is 0.416 e. The van der Waals surface area contributed by atoms with E-state index in [-0.39, 0.29) is 42.8 Å². The molecule has 0 fully saturated rings. The number of benzene rings is 2. The van der Waals surface area contributed by atoms with Crippen LogP contribution in [0, 0.1) is 0 Å². The lowest BCUT2D eigenvalue weighted by Crippen LogP contribution is -2.37. The van der Waals surface area contributed by atoms with Gasteiger partial charge in [-0.3, -0.25) is 14.2 Å². The van der Waals surface area contributed by atoms with Crippen molar-refractivity contribution >= 4 is 23.4 Å². The van der Waals surface area contributed by atoms with Crippen molar-refractivity contribution in [1.82, 2.24) is 14.3 Å². The van der Waals surface area contributed by atoms with Crippen molar-refractivity contribution < 1.29 is 45.8 Å². The van der Waals surface area contributed by atoms with Crippen molar-refractivity contribution in [2.24, 2.45) is 0 Å². The zero-order valence-electron chi connectivity index (χ0n) is 22.8. The smallest absolute Gasteiger partial charge is 0.416 e. The number of ether oxygens (including phenoxy) is 1. The van der Waals surface area contributed by atoms with Gasteiger partial charge in [-0.25, -0.2) is 9.48 Å². The van der Waals surface area contributed by atoms with Crippen LogP contribution in [0.2, 0.25) is 5.02 Å². The molecule has 2 aromatic carbocycles. The fraction of sp³-hybridized carbons (Fsp3) is 0.429. The second-order valence-electron chi connectivity index (χ2n) is 9.77. The number of aliphatic hydroxyl groups is 1. The minimum absolute atomic E-state index is 0.0637. The lowest BCUT2D eigenvalue weighted by Gasteiger charge is -2.19. The molecule has 2 atom stereocenters. The maximum absolute atomic E-state index is 13.3. The van der Waals surface area contributed by atoms with Crippen LogP contribution in [0.25, 0.3) is 11.4 Å². The number of halogens is 7. The second kappa shape index (κ2) is 14.2. The van der Waals surface area contributed by atoms with Gasteiger partial charge in [0.25, 0.3) is 0 Å². The van der Waals surface area contributed by atoms with Crippen LogP contribution in [0.3, 0.4) is 0 Å². The van der Waals surface area contributed by atoms with Gasteiger partial charge in [-0.2, -0.15) is 26.3 Å². The summed E-state index contributed by atoms with van der Waals surface area (Å²) in [7, 11) is 0. The number of hydrogen-bond acceptors (Lipinski definition) is 6. The largest absolute Gasteiger partial charge is 0.465 e.